The van der Waals surface area contributed by atoms with Gasteiger partial charge in [-0.3, -0.25) is 14.6 Å². The summed E-state index contributed by atoms with van der Waals surface area (Å²) in [5.74, 6) is 0.197. The molecule has 1 saturated heterocycles. The minimum atomic E-state index is -3.87. The quantitative estimate of drug-likeness (QED) is 0.634. The third-order valence-electron chi connectivity index (χ3n) is 6.10. The molecule has 1 fully saturated rings. The van der Waals surface area contributed by atoms with E-state index in [1.165, 1.54) is 16.4 Å². The number of ether oxygens (including phenoxy) is 2. The average Bonchev–Trinajstić information content (AvgIpc) is 2.92. The van der Waals surface area contributed by atoms with Crippen LogP contribution in [0.1, 0.15) is 31.2 Å². The Kier molecular flexibility index (Phi) is 8.19. The summed E-state index contributed by atoms with van der Waals surface area (Å²) in [6.45, 7) is 1.78. The van der Waals surface area contributed by atoms with Gasteiger partial charge in [0.2, 0.25) is 21.8 Å². The molecule has 2 aromatic rings. The van der Waals surface area contributed by atoms with Gasteiger partial charge in [-0.2, -0.15) is 4.31 Å². The molecule has 1 aromatic heterocycles. The van der Waals surface area contributed by atoms with Crippen LogP contribution in [0, 0.1) is 5.92 Å². The van der Waals surface area contributed by atoms with Crippen molar-refractivity contribution in [2.75, 3.05) is 32.8 Å². The highest BCUT2D eigenvalue weighted by Gasteiger charge is 2.28. The number of aromatic nitrogens is 1. The molecule has 188 valence electrons. The number of nitrogens with one attached hydrogen (secondary N) is 2. The normalized spacial score (nSPS) is 19.8. The molecule has 0 aliphatic carbocycles. The van der Waals surface area contributed by atoms with Gasteiger partial charge in [-0.05, 0) is 49.1 Å². The van der Waals surface area contributed by atoms with E-state index in [2.05, 4.69) is 15.6 Å². The van der Waals surface area contributed by atoms with E-state index >= 15 is 0 Å². The van der Waals surface area contributed by atoms with E-state index in [0.717, 1.165) is 5.56 Å². The molecular formula is C24H30N4O6S. The van der Waals surface area contributed by atoms with E-state index in [-0.39, 0.29) is 42.1 Å². The largest absolute Gasteiger partial charge is 0.486 e. The summed E-state index contributed by atoms with van der Waals surface area (Å²) >= 11 is 0. The maximum Gasteiger partial charge on any atom is 0.243 e. The molecule has 0 saturated carbocycles. The Morgan fingerprint density at radius 1 is 1.09 bits per heavy atom. The maximum absolute atomic E-state index is 13.4. The van der Waals surface area contributed by atoms with Crippen LogP contribution in [0.3, 0.4) is 0 Å². The molecule has 35 heavy (non-hydrogen) atoms. The standard InChI is InChI=1S/C24H30N4O6S/c29-23-8-13-28(35(31,32)20-3-4-21-22(16-20)34-15-14-33-21)12-1-2-19(7-11-26-23)24(30)27-17-18-5-9-25-10-6-18/h3-6,9-10,16,19H,1-2,7-8,11-15,17H2,(H,26,29)(H,27,30). The molecule has 2 amide bonds. The van der Waals surface area contributed by atoms with Gasteiger partial charge >= 0.3 is 0 Å². The fourth-order valence-electron chi connectivity index (χ4n) is 4.14. The number of amides is 2. The number of benzene rings is 1. The third kappa shape index (κ3) is 6.49. The molecule has 0 spiro atoms. The highest BCUT2D eigenvalue weighted by Crippen LogP contribution is 2.33. The molecule has 1 unspecified atom stereocenters. The van der Waals surface area contributed by atoms with Crippen LogP contribution in [0.25, 0.3) is 0 Å². The number of hydrogen-bond acceptors (Lipinski definition) is 7. The van der Waals surface area contributed by atoms with Crippen LogP contribution < -0.4 is 20.1 Å². The van der Waals surface area contributed by atoms with Gasteiger partial charge in [0.1, 0.15) is 13.2 Å². The zero-order valence-electron chi connectivity index (χ0n) is 19.4. The van der Waals surface area contributed by atoms with Crippen LogP contribution in [0.4, 0.5) is 0 Å². The molecule has 4 rings (SSSR count). The van der Waals surface area contributed by atoms with Crippen LogP contribution >= 0.6 is 0 Å². The molecule has 0 radical (unpaired) electrons. The summed E-state index contributed by atoms with van der Waals surface area (Å²) in [5, 5.41) is 5.75. The first-order valence-electron chi connectivity index (χ1n) is 11.8. The van der Waals surface area contributed by atoms with E-state index in [0.29, 0.717) is 57.1 Å². The molecule has 3 heterocycles. The summed E-state index contributed by atoms with van der Waals surface area (Å²) in [6, 6.07) is 8.20. The van der Waals surface area contributed by atoms with Gasteiger partial charge in [0.05, 0.1) is 4.90 Å². The Labute approximate surface area is 205 Å². The molecule has 1 aromatic carbocycles. The predicted molar refractivity (Wildman–Crippen MR) is 127 cm³/mol. The third-order valence-corrected chi connectivity index (χ3v) is 8.00. The van der Waals surface area contributed by atoms with E-state index in [9.17, 15) is 18.0 Å². The number of sulfonamides is 1. The molecule has 2 aliphatic rings. The van der Waals surface area contributed by atoms with Gasteiger partial charge in [0.15, 0.2) is 11.5 Å². The minimum Gasteiger partial charge on any atom is -0.486 e. The Balaban J connectivity index is 1.44. The van der Waals surface area contributed by atoms with Crippen molar-refractivity contribution in [3.63, 3.8) is 0 Å². The number of nitrogens with zero attached hydrogens (tertiary/aromatic N) is 2. The molecule has 2 aliphatic heterocycles. The smallest absolute Gasteiger partial charge is 0.243 e. The number of pyridine rings is 1. The average molecular weight is 503 g/mol. The van der Waals surface area contributed by atoms with Crippen LogP contribution in [0.2, 0.25) is 0 Å². The SMILES string of the molecule is O=C1CCN(S(=O)(=O)c2ccc3c(c2)OCCO3)CCCC(C(=O)NCc2ccncc2)CCN1. The summed E-state index contributed by atoms with van der Waals surface area (Å²) in [7, 11) is -3.87. The summed E-state index contributed by atoms with van der Waals surface area (Å²) in [5.41, 5.74) is 0.940. The fraction of sp³-hybridized carbons (Fsp3) is 0.458. The van der Waals surface area contributed by atoms with E-state index in [1.54, 1.807) is 18.5 Å². The highest BCUT2D eigenvalue weighted by molar-refractivity contribution is 7.89. The van der Waals surface area contributed by atoms with Crippen molar-refractivity contribution in [3.05, 3.63) is 48.3 Å². The van der Waals surface area contributed by atoms with Crippen molar-refractivity contribution < 1.29 is 27.5 Å². The van der Waals surface area contributed by atoms with Crippen molar-refractivity contribution in [2.24, 2.45) is 5.92 Å². The van der Waals surface area contributed by atoms with Gasteiger partial charge in [0.25, 0.3) is 0 Å². The van der Waals surface area contributed by atoms with Crippen LogP contribution in [-0.2, 0) is 26.2 Å². The Hall–Kier alpha value is -3.18. The lowest BCUT2D eigenvalue weighted by Crippen LogP contribution is -2.35. The zero-order valence-corrected chi connectivity index (χ0v) is 20.3. The number of carbonyl (C=O) groups excluding carboxylic acids is 2. The summed E-state index contributed by atoms with van der Waals surface area (Å²) < 4.78 is 39.2. The van der Waals surface area contributed by atoms with E-state index in [4.69, 9.17) is 9.47 Å². The first-order chi connectivity index (χ1) is 16.9. The summed E-state index contributed by atoms with van der Waals surface area (Å²) in [4.78, 5) is 29.2. The molecular weight excluding hydrogens is 472 g/mol. The minimum absolute atomic E-state index is 0.0443. The van der Waals surface area contributed by atoms with Gasteiger partial charge < -0.3 is 20.1 Å². The van der Waals surface area contributed by atoms with Crippen LogP contribution in [0.5, 0.6) is 11.5 Å². The monoisotopic (exact) mass is 502 g/mol. The van der Waals surface area contributed by atoms with E-state index in [1.807, 2.05) is 12.1 Å². The Bertz CT molecular complexity index is 1140. The van der Waals surface area contributed by atoms with Gasteiger partial charge in [0, 0.05) is 57.0 Å². The predicted octanol–water partition coefficient (Wildman–Crippen LogP) is 1.47. The lowest BCUT2D eigenvalue weighted by molar-refractivity contribution is -0.126. The molecule has 0 bridgehead atoms. The van der Waals surface area contributed by atoms with Gasteiger partial charge in [-0.1, -0.05) is 0 Å². The number of rotatable bonds is 5. The van der Waals surface area contributed by atoms with Crippen molar-refractivity contribution in [3.8, 4) is 11.5 Å². The first kappa shape index (κ1) is 24.9. The second kappa shape index (κ2) is 11.5. The second-order valence-corrected chi connectivity index (χ2v) is 10.4. The molecule has 1 atom stereocenters. The van der Waals surface area contributed by atoms with Gasteiger partial charge in [-0.15, -0.1) is 0 Å². The molecule has 10 nitrogen and oxygen atoms in total. The zero-order chi connectivity index (χ0) is 24.7. The van der Waals surface area contributed by atoms with E-state index < -0.39 is 10.0 Å². The Morgan fingerprint density at radius 2 is 1.86 bits per heavy atom. The highest BCUT2D eigenvalue weighted by atomic mass is 32.2. The van der Waals surface area contributed by atoms with Crippen molar-refractivity contribution in [1.82, 2.24) is 19.9 Å². The second-order valence-electron chi connectivity index (χ2n) is 8.51. The lowest BCUT2D eigenvalue weighted by Gasteiger charge is -2.24. The topological polar surface area (TPSA) is 127 Å². The summed E-state index contributed by atoms with van der Waals surface area (Å²) in [6.07, 6.45) is 4.86. The van der Waals surface area contributed by atoms with Crippen molar-refractivity contribution >= 4 is 21.8 Å². The first-order valence-corrected chi connectivity index (χ1v) is 13.2. The van der Waals surface area contributed by atoms with Crippen molar-refractivity contribution in [1.29, 1.82) is 0 Å². The number of carbonyl (C=O) groups is 2. The van der Waals surface area contributed by atoms with Crippen molar-refractivity contribution in [2.45, 2.75) is 37.1 Å². The number of fused-ring (bicyclic) bond motifs is 1. The number of hydrogen-bond donors (Lipinski definition) is 2. The molecule has 2 N–H and O–H groups in total. The maximum atomic E-state index is 13.4. The van der Waals surface area contributed by atoms with Gasteiger partial charge in [-0.25, -0.2) is 8.42 Å². The Morgan fingerprint density at radius 3 is 2.66 bits per heavy atom. The molecule has 11 heteroatoms. The lowest BCUT2D eigenvalue weighted by atomic mass is 9.98. The fourth-order valence-corrected chi connectivity index (χ4v) is 5.64. The van der Waals surface area contributed by atoms with Crippen LogP contribution in [-0.4, -0.2) is 62.4 Å². The van der Waals surface area contributed by atoms with Crippen LogP contribution in [0.15, 0.2) is 47.6 Å².